The first-order chi connectivity index (χ1) is 14.6. The van der Waals surface area contributed by atoms with Gasteiger partial charge in [0.2, 0.25) is 0 Å². The summed E-state index contributed by atoms with van der Waals surface area (Å²) >= 11 is 0. The molecule has 0 bridgehead atoms. The van der Waals surface area contributed by atoms with E-state index < -0.39 is 23.7 Å². The summed E-state index contributed by atoms with van der Waals surface area (Å²) in [7, 11) is 0. The van der Waals surface area contributed by atoms with E-state index in [0.717, 1.165) is 30.4 Å². The van der Waals surface area contributed by atoms with Crippen LogP contribution in [0.1, 0.15) is 70.1 Å². The molecule has 1 aliphatic rings. The standard InChI is InChI=1S/C24H31NO6/c1-6-9-17(25-23(28)31-24(3,4)5)22(27)30-19-13-14(2)12-18-20(19)15-10-7-8-11-16(15)21(26)29-18/h12-13,17H,6-11H2,1-5H3,(H,25,28)/t17-/m0/s1. The molecule has 1 heterocycles. The molecule has 7 nitrogen and oxygen atoms in total. The number of rotatable bonds is 5. The molecule has 31 heavy (non-hydrogen) atoms. The first kappa shape index (κ1) is 22.8. The van der Waals surface area contributed by atoms with Gasteiger partial charge in [0.05, 0.1) is 5.39 Å². The lowest BCUT2D eigenvalue weighted by atomic mass is 9.90. The van der Waals surface area contributed by atoms with Crippen molar-refractivity contribution in [3.63, 3.8) is 0 Å². The van der Waals surface area contributed by atoms with Crippen LogP contribution in [0.3, 0.4) is 0 Å². The van der Waals surface area contributed by atoms with E-state index in [1.807, 2.05) is 13.8 Å². The summed E-state index contributed by atoms with van der Waals surface area (Å²) < 4.78 is 16.6. The van der Waals surface area contributed by atoms with Crippen molar-refractivity contribution in [2.45, 2.75) is 84.8 Å². The second kappa shape index (κ2) is 9.12. The summed E-state index contributed by atoms with van der Waals surface area (Å²) in [6, 6.07) is 2.71. The molecule has 0 radical (unpaired) electrons. The zero-order valence-corrected chi connectivity index (χ0v) is 18.9. The normalized spacial score (nSPS) is 14.6. The molecule has 0 spiro atoms. The second-order valence-electron chi connectivity index (χ2n) is 9.10. The Morgan fingerprint density at radius 1 is 1.16 bits per heavy atom. The highest BCUT2D eigenvalue weighted by Gasteiger charge is 2.27. The minimum Gasteiger partial charge on any atom is -0.444 e. The van der Waals surface area contributed by atoms with Crippen LogP contribution in [-0.4, -0.2) is 23.7 Å². The van der Waals surface area contributed by atoms with Crippen LogP contribution in [0.25, 0.3) is 11.0 Å². The summed E-state index contributed by atoms with van der Waals surface area (Å²) in [5.74, 6) is -0.218. The number of alkyl carbamates (subject to hydrolysis) is 1. The molecule has 168 valence electrons. The Labute approximate surface area is 182 Å². The highest BCUT2D eigenvalue weighted by Crippen LogP contribution is 2.34. The molecule has 0 saturated carbocycles. The van der Waals surface area contributed by atoms with E-state index in [0.29, 0.717) is 41.5 Å². The van der Waals surface area contributed by atoms with Crippen molar-refractivity contribution in [2.75, 3.05) is 0 Å². The van der Waals surface area contributed by atoms with E-state index in [1.165, 1.54) is 0 Å². The van der Waals surface area contributed by atoms with Crippen molar-refractivity contribution in [3.8, 4) is 5.75 Å². The molecule has 1 aromatic carbocycles. The molecular weight excluding hydrogens is 398 g/mol. The SMILES string of the molecule is CCC[C@H](NC(=O)OC(C)(C)C)C(=O)Oc1cc(C)cc2oc(=O)c3c(c12)CCCC3. The van der Waals surface area contributed by atoms with Gasteiger partial charge in [0.25, 0.3) is 0 Å². The third-order valence-corrected chi connectivity index (χ3v) is 5.19. The maximum Gasteiger partial charge on any atom is 0.408 e. The average molecular weight is 430 g/mol. The summed E-state index contributed by atoms with van der Waals surface area (Å²) in [6.45, 7) is 9.05. The molecular formula is C24H31NO6. The number of aryl methyl sites for hydroxylation is 2. The van der Waals surface area contributed by atoms with Crippen LogP contribution in [0.5, 0.6) is 5.75 Å². The van der Waals surface area contributed by atoms with Gasteiger partial charge in [-0.2, -0.15) is 0 Å². The fourth-order valence-corrected chi connectivity index (χ4v) is 3.91. The van der Waals surface area contributed by atoms with E-state index in [-0.39, 0.29) is 5.63 Å². The summed E-state index contributed by atoms with van der Waals surface area (Å²) in [5.41, 5.74) is 1.79. The van der Waals surface area contributed by atoms with Crippen molar-refractivity contribution < 1.29 is 23.5 Å². The van der Waals surface area contributed by atoms with Crippen molar-refractivity contribution >= 4 is 23.0 Å². The van der Waals surface area contributed by atoms with Gasteiger partial charge < -0.3 is 19.2 Å². The minimum absolute atomic E-state index is 0.319. The topological polar surface area (TPSA) is 94.8 Å². The Hall–Kier alpha value is -2.83. The monoisotopic (exact) mass is 429 g/mol. The smallest absolute Gasteiger partial charge is 0.408 e. The van der Waals surface area contributed by atoms with Gasteiger partial charge in [-0.05, 0) is 83.1 Å². The van der Waals surface area contributed by atoms with Gasteiger partial charge in [0, 0.05) is 5.56 Å². The van der Waals surface area contributed by atoms with Crippen LogP contribution >= 0.6 is 0 Å². The minimum atomic E-state index is -0.845. The zero-order valence-electron chi connectivity index (χ0n) is 18.9. The Morgan fingerprint density at radius 3 is 2.48 bits per heavy atom. The Kier molecular flexibility index (Phi) is 6.72. The summed E-state index contributed by atoms with van der Waals surface area (Å²) in [5, 5.41) is 3.29. The van der Waals surface area contributed by atoms with Crippen LogP contribution in [0, 0.1) is 6.92 Å². The lowest BCUT2D eigenvalue weighted by molar-refractivity contribution is -0.136. The predicted octanol–water partition coefficient (Wildman–Crippen LogP) is 4.58. The van der Waals surface area contributed by atoms with Gasteiger partial charge in [-0.15, -0.1) is 0 Å². The summed E-state index contributed by atoms with van der Waals surface area (Å²) in [4.78, 5) is 37.6. The molecule has 1 amide bonds. The van der Waals surface area contributed by atoms with Crippen molar-refractivity contribution in [3.05, 3.63) is 39.2 Å². The molecule has 7 heteroatoms. The number of ether oxygens (including phenoxy) is 2. The van der Waals surface area contributed by atoms with Gasteiger partial charge in [0.15, 0.2) is 0 Å². The van der Waals surface area contributed by atoms with Gasteiger partial charge in [-0.1, -0.05) is 13.3 Å². The number of benzene rings is 1. The maximum atomic E-state index is 13.0. The molecule has 1 atom stereocenters. The number of hydrogen-bond donors (Lipinski definition) is 1. The molecule has 2 aromatic rings. The largest absolute Gasteiger partial charge is 0.444 e. The zero-order chi connectivity index (χ0) is 22.8. The van der Waals surface area contributed by atoms with E-state index in [9.17, 15) is 14.4 Å². The number of hydrogen-bond acceptors (Lipinski definition) is 6. The lowest BCUT2D eigenvalue weighted by Gasteiger charge is -2.23. The molecule has 0 fully saturated rings. The first-order valence-corrected chi connectivity index (χ1v) is 10.9. The fraction of sp³-hybridized carbons (Fsp3) is 0.542. The number of carbonyl (C=O) groups excluding carboxylic acids is 2. The third kappa shape index (κ3) is 5.46. The predicted molar refractivity (Wildman–Crippen MR) is 118 cm³/mol. The maximum absolute atomic E-state index is 13.0. The van der Waals surface area contributed by atoms with Gasteiger partial charge in [-0.3, -0.25) is 0 Å². The third-order valence-electron chi connectivity index (χ3n) is 5.19. The molecule has 0 unspecified atom stereocenters. The quantitative estimate of drug-likeness (QED) is 0.425. The van der Waals surface area contributed by atoms with E-state index in [1.54, 1.807) is 32.9 Å². The molecule has 0 aliphatic heterocycles. The van der Waals surface area contributed by atoms with Crippen molar-refractivity contribution in [1.82, 2.24) is 5.32 Å². The van der Waals surface area contributed by atoms with Crippen molar-refractivity contribution in [1.29, 1.82) is 0 Å². The fourth-order valence-electron chi connectivity index (χ4n) is 3.91. The number of fused-ring (bicyclic) bond motifs is 3. The van der Waals surface area contributed by atoms with Crippen LogP contribution in [0.15, 0.2) is 21.3 Å². The second-order valence-corrected chi connectivity index (χ2v) is 9.10. The molecule has 0 saturated heterocycles. The Bertz CT molecular complexity index is 1050. The van der Waals surface area contributed by atoms with E-state index in [2.05, 4.69) is 5.32 Å². The van der Waals surface area contributed by atoms with Crippen LogP contribution in [0.2, 0.25) is 0 Å². The van der Waals surface area contributed by atoms with E-state index in [4.69, 9.17) is 13.9 Å². The number of esters is 1. The Morgan fingerprint density at radius 2 is 1.84 bits per heavy atom. The summed E-state index contributed by atoms with van der Waals surface area (Å²) in [6.07, 6.45) is 3.71. The molecule has 3 rings (SSSR count). The van der Waals surface area contributed by atoms with Gasteiger partial charge in [0.1, 0.15) is 23.0 Å². The molecule has 1 aromatic heterocycles. The number of nitrogens with one attached hydrogen (secondary N) is 1. The van der Waals surface area contributed by atoms with Crippen LogP contribution in [-0.2, 0) is 22.4 Å². The van der Waals surface area contributed by atoms with Crippen LogP contribution < -0.4 is 15.7 Å². The highest BCUT2D eigenvalue weighted by molar-refractivity contribution is 5.92. The Balaban J connectivity index is 1.94. The molecule has 1 aliphatic carbocycles. The van der Waals surface area contributed by atoms with Gasteiger partial charge >= 0.3 is 17.7 Å². The number of carbonyl (C=O) groups is 2. The molecule has 1 N–H and O–H groups in total. The highest BCUT2D eigenvalue weighted by atomic mass is 16.6. The average Bonchev–Trinajstić information content (AvgIpc) is 2.65. The lowest BCUT2D eigenvalue weighted by Crippen LogP contribution is -2.45. The van der Waals surface area contributed by atoms with Crippen LogP contribution in [0.4, 0.5) is 4.79 Å². The van der Waals surface area contributed by atoms with E-state index >= 15 is 0 Å². The van der Waals surface area contributed by atoms with Gasteiger partial charge in [-0.25, -0.2) is 14.4 Å². The first-order valence-electron chi connectivity index (χ1n) is 10.9. The van der Waals surface area contributed by atoms with Crippen molar-refractivity contribution in [2.24, 2.45) is 0 Å². The number of amides is 1.